The Balaban J connectivity index is 1.34. The molecule has 0 fully saturated rings. The largest absolute Gasteiger partial charge is 0.489 e. The normalized spacial score (nSPS) is 10.7. The molecule has 0 aliphatic carbocycles. The van der Waals surface area contributed by atoms with Gasteiger partial charge in [-0.3, -0.25) is 4.79 Å². The van der Waals surface area contributed by atoms with Gasteiger partial charge in [-0.2, -0.15) is 5.10 Å². The highest BCUT2D eigenvalue weighted by Crippen LogP contribution is 2.19. The number of carboxylic acid groups (broad SMARTS) is 1. The number of aryl methyl sites for hydroxylation is 1. The number of aliphatic carboxylic acids is 1. The van der Waals surface area contributed by atoms with E-state index in [2.05, 4.69) is 15.1 Å². The van der Waals surface area contributed by atoms with E-state index in [1.54, 1.807) is 29.2 Å². The number of ether oxygens (including phenoxy) is 2. The Morgan fingerprint density at radius 2 is 1.75 bits per heavy atom. The van der Waals surface area contributed by atoms with Crippen molar-refractivity contribution in [2.24, 2.45) is 0 Å². The minimum absolute atomic E-state index is 0.133. The third kappa shape index (κ3) is 5.28. The molecule has 8 nitrogen and oxygen atoms in total. The van der Waals surface area contributed by atoms with Gasteiger partial charge in [0.25, 0.3) is 0 Å². The predicted octanol–water partition coefficient (Wildman–Crippen LogP) is 3.76. The second-order valence-electron chi connectivity index (χ2n) is 7.13. The Morgan fingerprint density at radius 1 is 0.938 bits per heavy atom. The maximum Gasteiger partial charge on any atom is 0.308 e. The number of nitrogens with zero attached hydrogens (tertiary/aromatic N) is 4. The maximum atomic E-state index is 11.0. The lowest BCUT2D eigenvalue weighted by molar-refractivity contribution is -0.136. The highest BCUT2D eigenvalue weighted by Gasteiger charge is 2.10. The van der Waals surface area contributed by atoms with Crippen LogP contribution in [-0.4, -0.2) is 30.8 Å². The highest BCUT2D eigenvalue weighted by atomic mass is 16.5. The standard InChI is InChI=1S/C24H22N4O4/c1-17-20(14-28(27-17)22-6-2-3-11-25-22)16-31-21-9-7-18(8-10-21)15-32-24-19(13-23(29)30)5-4-12-26-24/h2-12,14H,13,15-16H2,1H3,(H,29,30). The number of carbonyl (C=O) groups is 1. The summed E-state index contributed by atoms with van der Waals surface area (Å²) in [6, 6.07) is 16.6. The number of pyridine rings is 2. The molecule has 1 aromatic carbocycles. The van der Waals surface area contributed by atoms with Gasteiger partial charge in [0.2, 0.25) is 5.88 Å². The number of benzene rings is 1. The number of aromatic nitrogens is 4. The zero-order valence-electron chi connectivity index (χ0n) is 17.5. The van der Waals surface area contributed by atoms with E-state index in [-0.39, 0.29) is 13.0 Å². The molecular formula is C24H22N4O4. The van der Waals surface area contributed by atoms with Gasteiger partial charge in [0.05, 0.1) is 12.1 Å². The zero-order chi connectivity index (χ0) is 22.3. The lowest BCUT2D eigenvalue weighted by Crippen LogP contribution is -2.05. The molecule has 0 unspecified atom stereocenters. The highest BCUT2D eigenvalue weighted by molar-refractivity contribution is 5.70. The molecule has 32 heavy (non-hydrogen) atoms. The van der Waals surface area contributed by atoms with Crippen molar-refractivity contribution in [2.45, 2.75) is 26.6 Å². The molecule has 0 bridgehead atoms. The van der Waals surface area contributed by atoms with Crippen LogP contribution in [0.1, 0.15) is 22.4 Å². The molecule has 162 valence electrons. The molecule has 0 amide bonds. The molecule has 3 aromatic heterocycles. The fraction of sp³-hybridized carbons (Fsp3) is 0.167. The summed E-state index contributed by atoms with van der Waals surface area (Å²) in [5.74, 6) is 0.884. The van der Waals surface area contributed by atoms with Crippen LogP contribution in [0.4, 0.5) is 0 Å². The topological polar surface area (TPSA) is 99.4 Å². The average molecular weight is 430 g/mol. The molecule has 0 atom stereocenters. The van der Waals surface area contributed by atoms with Gasteiger partial charge < -0.3 is 14.6 Å². The third-order valence-electron chi connectivity index (χ3n) is 4.77. The molecule has 0 aliphatic rings. The Bertz CT molecular complexity index is 1190. The van der Waals surface area contributed by atoms with Crippen molar-refractivity contribution in [3.63, 3.8) is 0 Å². The van der Waals surface area contributed by atoms with E-state index < -0.39 is 5.97 Å². The summed E-state index contributed by atoms with van der Waals surface area (Å²) >= 11 is 0. The monoisotopic (exact) mass is 430 g/mol. The van der Waals surface area contributed by atoms with Gasteiger partial charge in [0, 0.05) is 29.7 Å². The van der Waals surface area contributed by atoms with Crippen LogP contribution in [0, 0.1) is 6.92 Å². The first-order chi connectivity index (χ1) is 15.6. The van der Waals surface area contributed by atoms with Crippen molar-refractivity contribution in [1.82, 2.24) is 19.7 Å². The molecule has 4 rings (SSSR count). The van der Waals surface area contributed by atoms with E-state index in [0.717, 1.165) is 28.4 Å². The first-order valence-electron chi connectivity index (χ1n) is 10.1. The minimum atomic E-state index is -0.926. The van der Waals surface area contributed by atoms with E-state index in [4.69, 9.17) is 14.6 Å². The quantitative estimate of drug-likeness (QED) is 0.432. The smallest absolute Gasteiger partial charge is 0.308 e. The molecule has 0 spiro atoms. The first-order valence-corrected chi connectivity index (χ1v) is 10.1. The van der Waals surface area contributed by atoms with Crippen LogP contribution < -0.4 is 9.47 Å². The molecule has 4 aromatic rings. The Labute approximate surface area is 185 Å². The van der Waals surface area contributed by atoms with Crippen LogP contribution in [0.25, 0.3) is 5.82 Å². The van der Waals surface area contributed by atoms with E-state index in [9.17, 15) is 4.79 Å². The van der Waals surface area contributed by atoms with Crippen LogP contribution >= 0.6 is 0 Å². The first kappa shape index (κ1) is 21.0. The summed E-state index contributed by atoms with van der Waals surface area (Å²) in [6.45, 7) is 2.61. The van der Waals surface area contributed by atoms with Gasteiger partial charge in [0.15, 0.2) is 5.82 Å². The molecular weight excluding hydrogens is 408 g/mol. The zero-order valence-corrected chi connectivity index (χ0v) is 17.5. The minimum Gasteiger partial charge on any atom is -0.489 e. The number of hydrogen-bond donors (Lipinski definition) is 1. The van der Waals surface area contributed by atoms with Crippen LogP contribution in [-0.2, 0) is 24.4 Å². The van der Waals surface area contributed by atoms with Crippen molar-refractivity contribution in [3.8, 4) is 17.4 Å². The fourth-order valence-electron chi connectivity index (χ4n) is 3.09. The van der Waals surface area contributed by atoms with E-state index in [0.29, 0.717) is 18.1 Å². The molecule has 0 saturated heterocycles. The van der Waals surface area contributed by atoms with E-state index >= 15 is 0 Å². The predicted molar refractivity (Wildman–Crippen MR) is 117 cm³/mol. The molecule has 1 N–H and O–H groups in total. The summed E-state index contributed by atoms with van der Waals surface area (Å²) < 4.78 is 13.4. The van der Waals surface area contributed by atoms with E-state index in [1.807, 2.05) is 55.6 Å². The lowest BCUT2D eigenvalue weighted by Gasteiger charge is -2.10. The molecule has 0 aliphatic heterocycles. The molecule has 8 heteroatoms. The number of rotatable bonds is 9. The summed E-state index contributed by atoms with van der Waals surface area (Å²) in [6.07, 6.45) is 5.10. The Kier molecular flexibility index (Phi) is 6.41. The summed E-state index contributed by atoms with van der Waals surface area (Å²) in [5.41, 5.74) is 3.32. The lowest BCUT2D eigenvalue weighted by atomic mass is 10.2. The number of hydrogen-bond acceptors (Lipinski definition) is 6. The molecule has 3 heterocycles. The average Bonchev–Trinajstić information content (AvgIpc) is 3.18. The van der Waals surface area contributed by atoms with E-state index in [1.165, 1.54) is 0 Å². The Morgan fingerprint density at radius 3 is 2.50 bits per heavy atom. The summed E-state index contributed by atoms with van der Waals surface area (Å²) in [4.78, 5) is 19.4. The SMILES string of the molecule is Cc1nn(-c2ccccn2)cc1COc1ccc(COc2ncccc2CC(=O)O)cc1. The second kappa shape index (κ2) is 9.74. The van der Waals surface area contributed by atoms with Gasteiger partial charge in [-0.1, -0.05) is 24.3 Å². The van der Waals surface area contributed by atoms with Gasteiger partial charge in [-0.05, 0) is 42.8 Å². The summed E-state index contributed by atoms with van der Waals surface area (Å²) in [5, 5.41) is 13.5. The van der Waals surface area contributed by atoms with Gasteiger partial charge in [-0.15, -0.1) is 0 Å². The Hall–Kier alpha value is -4.20. The van der Waals surface area contributed by atoms with Crippen LogP contribution in [0.15, 0.2) is 73.2 Å². The van der Waals surface area contributed by atoms with Crippen molar-refractivity contribution >= 4 is 5.97 Å². The van der Waals surface area contributed by atoms with Gasteiger partial charge in [-0.25, -0.2) is 14.6 Å². The maximum absolute atomic E-state index is 11.0. The van der Waals surface area contributed by atoms with Crippen LogP contribution in [0.5, 0.6) is 11.6 Å². The molecule has 0 saturated carbocycles. The van der Waals surface area contributed by atoms with Crippen molar-refractivity contribution in [1.29, 1.82) is 0 Å². The van der Waals surface area contributed by atoms with Crippen LogP contribution in [0.3, 0.4) is 0 Å². The fourth-order valence-corrected chi connectivity index (χ4v) is 3.09. The van der Waals surface area contributed by atoms with Gasteiger partial charge >= 0.3 is 5.97 Å². The summed E-state index contributed by atoms with van der Waals surface area (Å²) in [7, 11) is 0. The van der Waals surface area contributed by atoms with Gasteiger partial charge in [0.1, 0.15) is 19.0 Å². The van der Waals surface area contributed by atoms with Crippen molar-refractivity contribution in [3.05, 3.63) is 95.6 Å². The second-order valence-corrected chi connectivity index (χ2v) is 7.13. The van der Waals surface area contributed by atoms with Crippen LogP contribution in [0.2, 0.25) is 0 Å². The molecule has 0 radical (unpaired) electrons. The van der Waals surface area contributed by atoms with Crippen molar-refractivity contribution in [2.75, 3.05) is 0 Å². The number of carboxylic acids is 1. The van der Waals surface area contributed by atoms with Crippen molar-refractivity contribution < 1.29 is 19.4 Å². The third-order valence-corrected chi connectivity index (χ3v) is 4.77.